The summed E-state index contributed by atoms with van der Waals surface area (Å²) in [6.07, 6.45) is 2.88. The Morgan fingerprint density at radius 2 is 2.07 bits per heavy atom. The first kappa shape index (κ1) is 12.0. The lowest BCUT2D eigenvalue weighted by Gasteiger charge is -2.25. The summed E-state index contributed by atoms with van der Waals surface area (Å²) in [6, 6.07) is 1.92. The fraction of sp³-hybridized carbons (Fsp3) is 0.667. The van der Waals surface area contributed by atoms with Gasteiger partial charge in [-0.25, -0.2) is 9.97 Å². The van der Waals surface area contributed by atoms with Crippen molar-refractivity contribution in [2.75, 3.05) is 5.32 Å². The summed E-state index contributed by atoms with van der Waals surface area (Å²) in [5.74, 6) is 2.18. The molecule has 0 radical (unpaired) electrons. The van der Waals surface area contributed by atoms with Crippen LogP contribution in [-0.4, -0.2) is 15.5 Å². The highest BCUT2D eigenvalue weighted by atomic mass is 15.1. The fourth-order valence-corrected chi connectivity index (χ4v) is 1.16. The van der Waals surface area contributed by atoms with Crippen molar-refractivity contribution in [3.05, 3.63) is 18.1 Å². The summed E-state index contributed by atoms with van der Waals surface area (Å²) < 4.78 is 0. The predicted octanol–water partition coefficient (Wildman–Crippen LogP) is 3.20. The van der Waals surface area contributed by atoms with Gasteiger partial charge >= 0.3 is 0 Å². The highest BCUT2D eigenvalue weighted by Crippen LogP contribution is 2.17. The van der Waals surface area contributed by atoms with E-state index in [1.807, 2.05) is 12.3 Å². The second-order valence-electron chi connectivity index (χ2n) is 4.82. The van der Waals surface area contributed by atoms with Crippen molar-refractivity contribution in [1.29, 1.82) is 0 Å². The lowest BCUT2D eigenvalue weighted by atomic mass is 10.0. The van der Waals surface area contributed by atoms with Crippen LogP contribution in [0.5, 0.6) is 0 Å². The van der Waals surface area contributed by atoms with Crippen molar-refractivity contribution < 1.29 is 0 Å². The van der Waals surface area contributed by atoms with Gasteiger partial charge in [-0.3, -0.25) is 0 Å². The molecule has 1 heterocycles. The maximum Gasteiger partial charge on any atom is 0.133 e. The standard InChI is InChI=1S/C12H21N3/c1-6-12(4,5)15-10-7-8-13-11(14-10)9(2)3/h7-9H,6H2,1-5H3,(H,13,14,15). The Morgan fingerprint density at radius 3 is 2.60 bits per heavy atom. The minimum atomic E-state index is 0.0859. The third-order valence-corrected chi connectivity index (χ3v) is 2.54. The second-order valence-corrected chi connectivity index (χ2v) is 4.82. The summed E-state index contributed by atoms with van der Waals surface area (Å²) in [4.78, 5) is 8.73. The summed E-state index contributed by atoms with van der Waals surface area (Å²) in [7, 11) is 0. The zero-order valence-corrected chi connectivity index (χ0v) is 10.3. The molecule has 0 amide bonds. The number of nitrogens with one attached hydrogen (secondary N) is 1. The van der Waals surface area contributed by atoms with Crippen molar-refractivity contribution in [2.24, 2.45) is 0 Å². The molecule has 0 aliphatic heterocycles. The fourth-order valence-electron chi connectivity index (χ4n) is 1.16. The number of hydrogen-bond donors (Lipinski definition) is 1. The first-order valence-electron chi connectivity index (χ1n) is 5.56. The van der Waals surface area contributed by atoms with E-state index >= 15 is 0 Å². The molecule has 0 aliphatic rings. The molecule has 0 fully saturated rings. The van der Waals surface area contributed by atoms with Crippen LogP contribution in [0.15, 0.2) is 12.3 Å². The molecule has 0 saturated carbocycles. The SMILES string of the molecule is CCC(C)(C)Nc1ccnc(C(C)C)n1. The van der Waals surface area contributed by atoms with E-state index in [0.717, 1.165) is 18.1 Å². The molecule has 1 rings (SSSR count). The molecule has 15 heavy (non-hydrogen) atoms. The number of rotatable bonds is 4. The molecule has 3 nitrogen and oxygen atoms in total. The molecule has 0 spiro atoms. The van der Waals surface area contributed by atoms with Crippen LogP contribution in [0, 0.1) is 0 Å². The van der Waals surface area contributed by atoms with Gasteiger partial charge in [0.1, 0.15) is 11.6 Å². The third kappa shape index (κ3) is 3.50. The van der Waals surface area contributed by atoms with Gasteiger partial charge in [0.15, 0.2) is 0 Å². The Labute approximate surface area is 92.3 Å². The van der Waals surface area contributed by atoms with Crippen LogP contribution in [0.4, 0.5) is 5.82 Å². The van der Waals surface area contributed by atoms with E-state index in [1.54, 1.807) is 0 Å². The summed E-state index contributed by atoms with van der Waals surface area (Å²) in [5.41, 5.74) is 0.0859. The monoisotopic (exact) mass is 207 g/mol. The molecule has 0 aromatic carbocycles. The molecule has 0 saturated heterocycles. The van der Waals surface area contributed by atoms with Gasteiger partial charge in [0.25, 0.3) is 0 Å². The molecule has 1 N–H and O–H groups in total. The van der Waals surface area contributed by atoms with Gasteiger partial charge in [0.05, 0.1) is 0 Å². The second kappa shape index (κ2) is 4.60. The van der Waals surface area contributed by atoms with Crippen LogP contribution in [0.25, 0.3) is 0 Å². The Hall–Kier alpha value is -1.12. The third-order valence-electron chi connectivity index (χ3n) is 2.54. The molecular formula is C12H21N3. The average Bonchev–Trinajstić information content (AvgIpc) is 2.17. The van der Waals surface area contributed by atoms with Crippen LogP contribution in [0.3, 0.4) is 0 Å². The van der Waals surface area contributed by atoms with Gasteiger partial charge in [-0.05, 0) is 26.3 Å². The normalized spacial score (nSPS) is 11.9. The predicted molar refractivity (Wildman–Crippen MR) is 64.1 cm³/mol. The smallest absolute Gasteiger partial charge is 0.133 e. The Kier molecular flexibility index (Phi) is 3.66. The number of aromatic nitrogens is 2. The number of hydrogen-bond acceptors (Lipinski definition) is 3. The molecule has 1 aromatic heterocycles. The Bertz CT molecular complexity index is 318. The Balaban J connectivity index is 2.82. The van der Waals surface area contributed by atoms with Gasteiger partial charge in [0, 0.05) is 17.7 Å². The summed E-state index contributed by atoms with van der Waals surface area (Å²) in [6.45, 7) is 10.7. The summed E-state index contributed by atoms with van der Waals surface area (Å²) >= 11 is 0. The molecular weight excluding hydrogens is 186 g/mol. The minimum Gasteiger partial charge on any atom is -0.365 e. The molecule has 0 atom stereocenters. The van der Waals surface area contributed by atoms with Crippen LogP contribution in [0.1, 0.15) is 52.8 Å². The van der Waals surface area contributed by atoms with Gasteiger partial charge in [-0.15, -0.1) is 0 Å². The van der Waals surface area contributed by atoms with E-state index < -0.39 is 0 Å². The quantitative estimate of drug-likeness (QED) is 0.824. The van der Waals surface area contributed by atoms with E-state index in [4.69, 9.17) is 0 Å². The molecule has 0 bridgehead atoms. The minimum absolute atomic E-state index is 0.0859. The van der Waals surface area contributed by atoms with E-state index in [1.165, 1.54) is 0 Å². The largest absolute Gasteiger partial charge is 0.365 e. The van der Waals surface area contributed by atoms with E-state index in [9.17, 15) is 0 Å². The average molecular weight is 207 g/mol. The highest BCUT2D eigenvalue weighted by molar-refractivity contribution is 5.36. The lowest BCUT2D eigenvalue weighted by Crippen LogP contribution is -2.30. The van der Waals surface area contributed by atoms with Gasteiger partial charge in [-0.1, -0.05) is 20.8 Å². The van der Waals surface area contributed by atoms with Crippen molar-refractivity contribution >= 4 is 5.82 Å². The van der Waals surface area contributed by atoms with Crippen LogP contribution in [-0.2, 0) is 0 Å². The van der Waals surface area contributed by atoms with Crippen molar-refractivity contribution in [1.82, 2.24) is 9.97 Å². The van der Waals surface area contributed by atoms with E-state index in [2.05, 4.69) is 49.9 Å². The highest BCUT2D eigenvalue weighted by Gasteiger charge is 2.15. The van der Waals surface area contributed by atoms with Gasteiger partial charge in [-0.2, -0.15) is 0 Å². The van der Waals surface area contributed by atoms with Crippen LogP contribution in [0.2, 0.25) is 0 Å². The maximum absolute atomic E-state index is 4.48. The molecule has 3 heteroatoms. The van der Waals surface area contributed by atoms with Crippen LogP contribution < -0.4 is 5.32 Å². The maximum atomic E-state index is 4.48. The molecule has 0 aliphatic carbocycles. The van der Waals surface area contributed by atoms with Crippen molar-refractivity contribution in [3.8, 4) is 0 Å². The first-order chi connectivity index (χ1) is 6.94. The first-order valence-corrected chi connectivity index (χ1v) is 5.56. The van der Waals surface area contributed by atoms with Crippen molar-refractivity contribution in [3.63, 3.8) is 0 Å². The summed E-state index contributed by atoms with van der Waals surface area (Å²) in [5, 5.41) is 3.41. The molecule has 1 aromatic rings. The van der Waals surface area contributed by atoms with E-state index in [-0.39, 0.29) is 5.54 Å². The topological polar surface area (TPSA) is 37.8 Å². The zero-order chi connectivity index (χ0) is 11.5. The molecule has 0 unspecified atom stereocenters. The lowest BCUT2D eigenvalue weighted by molar-refractivity contribution is 0.544. The van der Waals surface area contributed by atoms with Crippen molar-refractivity contribution in [2.45, 2.75) is 52.5 Å². The molecule has 84 valence electrons. The number of nitrogens with zero attached hydrogens (tertiary/aromatic N) is 2. The van der Waals surface area contributed by atoms with Gasteiger partial charge in [0.2, 0.25) is 0 Å². The van der Waals surface area contributed by atoms with Crippen LogP contribution >= 0.6 is 0 Å². The van der Waals surface area contributed by atoms with Gasteiger partial charge < -0.3 is 5.32 Å². The zero-order valence-electron chi connectivity index (χ0n) is 10.3. The Morgan fingerprint density at radius 1 is 1.40 bits per heavy atom. The number of anilines is 1. The van der Waals surface area contributed by atoms with E-state index in [0.29, 0.717) is 5.92 Å².